The predicted octanol–water partition coefficient (Wildman–Crippen LogP) is 0.0737. The summed E-state index contributed by atoms with van der Waals surface area (Å²) in [6.45, 7) is 0. The van der Waals surface area contributed by atoms with Gasteiger partial charge < -0.3 is 14.2 Å². The van der Waals surface area contributed by atoms with Crippen molar-refractivity contribution in [2.45, 2.75) is 11.7 Å². The molecule has 2 aliphatic rings. The van der Waals surface area contributed by atoms with Crippen LogP contribution in [0.25, 0.3) is 0 Å². The van der Waals surface area contributed by atoms with Gasteiger partial charge in [0.15, 0.2) is 0 Å². The number of methoxy groups -OCH3 is 2. The number of carbonyl (C=O) groups is 4. The zero-order valence-corrected chi connectivity index (χ0v) is 13.9. The average molecular weight is 347 g/mol. The van der Waals surface area contributed by atoms with Gasteiger partial charge in [-0.3, -0.25) is 14.5 Å². The lowest BCUT2D eigenvalue weighted by atomic mass is 9.79. The van der Waals surface area contributed by atoms with E-state index in [4.69, 9.17) is 14.2 Å². The van der Waals surface area contributed by atoms with Crippen molar-refractivity contribution in [3.05, 3.63) is 35.9 Å². The van der Waals surface area contributed by atoms with Crippen LogP contribution in [0, 0.1) is 11.8 Å². The molecule has 0 bridgehead atoms. The maximum Gasteiger partial charge on any atom is 0.350 e. The van der Waals surface area contributed by atoms with Crippen LogP contribution in [-0.4, -0.2) is 55.5 Å². The highest BCUT2D eigenvalue weighted by Gasteiger charge is 2.74. The molecule has 0 aliphatic carbocycles. The fraction of sp³-hybridized carbons (Fsp3) is 0.412. The molecule has 0 saturated carbocycles. The van der Waals surface area contributed by atoms with Gasteiger partial charge in [-0.05, 0) is 5.56 Å². The lowest BCUT2D eigenvalue weighted by Gasteiger charge is -2.28. The first-order valence-corrected chi connectivity index (χ1v) is 7.61. The molecule has 1 aromatic carbocycles. The second kappa shape index (κ2) is 5.96. The Bertz CT molecular complexity index is 729. The molecule has 0 spiro atoms. The Balaban J connectivity index is 2.20. The largest absolute Gasteiger partial charge is 0.466 e. The normalized spacial score (nSPS) is 27.2. The number of esters is 2. The highest BCUT2D eigenvalue weighted by molar-refractivity contribution is 6.15. The number of imide groups is 1. The van der Waals surface area contributed by atoms with E-state index in [1.807, 2.05) is 0 Å². The molecule has 8 nitrogen and oxygen atoms in total. The fourth-order valence-corrected chi connectivity index (χ4v) is 3.57. The minimum atomic E-state index is -2.31. The summed E-state index contributed by atoms with van der Waals surface area (Å²) >= 11 is 0. The second-order valence-corrected chi connectivity index (χ2v) is 5.91. The summed E-state index contributed by atoms with van der Waals surface area (Å²) in [5, 5.41) is 0. The van der Waals surface area contributed by atoms with Crippen LogP contribution in [-0.2, 0) is 33.4 Å². The van der Waals surface area contributed by atoms with Crippen LogP contribution >= 0.6 is 0 Å². The number of carbonyl (C=O) groups excluding carboxylic acids is 4. The number of benzene rings is 1. The summed E-state index contributed by atoms with van der Waals surface area (Å²) in [4.78, 5) is 51.1. The number of hydrogen-bond acceptors (Lipinski definition) is 7. The first-order valence-electron chi connectivity index (χ1n) is 7.61. The highest BCUT2D eigenvalue weighted by Crippen LogP contribution is 2.53. The minimum Gasteiger partial charge on any atom is -0.466 e. The molecule has 2 saturated heterocycles. The van der Waals surface area contributed by atoms with Crippen molar-refractivity contribution >= 4 is 23.8 Å². The van der Waals surface area contributed by atoms with E-state index in [0.29, 0.717) is 5.56 Å². The van der Waals surface area contributed by atoms with Crippen molar-refractivity contribution in [3.8, 4) is 0 Å². The van der Waals surface area contributed by atoms with Crippen molar-refractivity contribution in [2.24, 2.45) is 11.8 Å². The van der Waals surface area contributed by atoms with E-state index >= 15 is 0 Å². The van der Waals surface area contributed by atoms with Gasteiger partial charge in [-0.1, -0.05) is 30.3 Å². The zero-order valence-electron chi connectivity index (χ0n) is 13.9. The molecule has 1 aromatic rings. The Morgan fingerprint density at radius 3 is 2.12 bits per heavy atom. The van der Waals surface area contributed by atoms with Gasteiger partial charge >= 0.3 is 11.9 Å². The van der Waals surface area contributed by atoms with E-state index in [-0.39, 0.29) is 0 Å². The van der Waals surface area contributed by atoms with E-state index < -0.39 is 47.3 Å². The maximum atomic E-state index is 12.6. The number of likely N-dealkylation sites (tertiary alicyclic amines) is 1. The minimum absolute atomic E-state index is 0.515. The van der Waals surface area contributed by atoms with Crippen LogP contribution in [0.1, 0.15) is 11.7 Å². The van der Waals surface area contributed by atoms with Gasteiger partial charge in [0.1, 0.15) is 5.92 Å². The molecule has 2 aliphatic heterocycles. The molecule has 0 radical (unpaired) electrons. The summed E-state index contributed by atoms with van der Waals surface area (Å²) in [6, 6.07) is 8.63. The number of rotatable bonds is 3. The topological polar surface area (TPSA) is 99.2 Å². The monoisotopic (exact) mass is 347 g/mol. The molecule has 8 heteroatoms. The first kappa shape index (κ1) is 17.1. The zero-order chi connectivity index (χ0) is 18.4. The number of fused-ring (bicyclic) bond motifs is 1. The molecule has 132 valence electrons. The summed E-state index contributed by atoms with van der Waals surface area (Å²) < 4.78 is 15.2. The molecular formula is C17H17NO7. The van der Waals surface area contributed by atoms with Crippen LogP contribution in [0.5, 0.6) is 0 Å². The summed E-state index contributed by atoms with van der Waals surface area (Å²) in [5.41, 5.74) is -1.74. The third-order valence-corrected chi connectivity index (χ3v) is 4.75. The Labute approximate surface area is 143 Å². The lowest BCUT2D eigenvalue weighted by molar-refractivity contribution is -0.192. The smallest absolute Gasteiger partial charge is 0.350 e. The third kappa shape index (κ3) is 2.17. The second-order valence-electron chi connectivity index (χ2n) is 5.91. The maximum absolute atomic E-state index is 12.6. The Morgan fingerprint density at radius 2 is 1.60 bits per heavy atom. The first-order chi connectivity index (χ1) is 11.9. The average Bonchev–Trinajstić information content (AvgIpc) is 3.12. The number of nitrogens with zero attached hydrogens (tertiary/aromatic N) is 1. The van der Waals surface area contributed by atoms with Crippen LogP contribution in [0.4, 0.5) is 0 Å². The predicted molar refractivity (Wildman–Crippen MR) is 81.8 cm³/mol. The Morgan fingerprint density at radius 1 is 1.04 bits per heavy atom. The summed E-state index contributed by atoms with van der Waals surface area (Å²) in [6.07, 6.45) is -0.953. The standard InChI is InChI=1S/C17H17NO7/c1-18-13(19)10-11(14(18)20)17(15(21)23-2,16(22)24-3)25-12(10)9-7-5-4-6-8-9/h4-8,10-12H,1-3H3/t10-,11+,12+/m0/s1. The van der Waals surface area contributed by atoms with Gasteiger partial charge in [0.2, 0.25) is 11.8 Å². The van der Waals surface area contributed by atoms with Gasteiger partial charge in [0.25, 0.3) is 5.60 Å². The van der Waals surface area contributed by atoms with E-state index in [0.717, 1.165) is 19.1 Å². The Hall–Kier alpha value is -2.74. The van der Waals surface area contributed by atoms with E-state index in [9.17, 15) is 19.2 Å². The number of amides is 2. The van der Waals surface area contributed by atoms with Crippen LogP contribution in [0.2, 0.25) is 0 Å². The quantitative estimate of drug-likeness (QED) is 0.433. The van der Waals surface area contributed by atoms with Crippen molar-refractivity contribution < 1.29 is 33.4 Å². The van der Waals surface area contributed by atoms with E-state index in [1.54, 1.807) is 30.3 Å². The number of hydrogen-bond donors (Lipinski definition) is 0. The van der Waals surface area contributed by atoms with Gasteiger partial charge in [0.05, 0.1) is 26.2 Å². The molecule has 2 heterocycles. The summed E-state index contributed by atoms with van der Waals surface area (Å²) in [5.74, 6) is -5.68. The molecule has 2 amide bonds. The van der Waals surface area contributed by atoms with Crippen molar-refractivity contribution in [2.75, 3.05) is 21.3 Å². The molecular weight excluding hydrogens is 330 g/mol. The molecule has 0 aromatic heterocycles. The fourth-order valence-electron chi connectivity index (χ4n) is 3.57. The lowest BCUT2D eigenvalue weighted by Crippen LogP contribution is -2.55. The number of ether oxygens (including phenoxy) is 3. The molecule has 0 unspecified atom stereocenters. The van der Waals surface area contributed by atoms with Crippen LogP contribution in [0.3, 0.4) is 0 Å². The van der Waals surface area contributed by atoms with Gasteiger partial charge in [-0.2, -0.15) is 0 Å². The van der Waals surface area contributed by atoms with Gasteiger partial charge in [-0.15, -0.1) is 0 Å². The SMILES string of the molecule is COC(=O)C1(C(=O)OC)O[C@H](c2ccccc2)[C@H]2C(=O)N(C)C(=O)[C@@H]21. The van der Waals surface area contributed by atoms with E-state index in [2.05, 4.69) is 0 Å². The van der Waals surface area contributed by atoms with Crippen molar-refractivity contribution in [1.29, 1.82) is 0 Å². The molecule has 0 N–H and O–H groups in total. The molecule has 2 fully saturated rings. The van der Waals surface area contributed by atoms with Crippen molar-refractivity contribution in [1.82, 2.24) is 4.90 Å². The Kier molecular flexibility index (Phi) is 4.08. The van der Waals surface area contributed by atoms with Gasteiger partial charge in [0, 0.05) is 7.05 Å². The van der Waals surface area contributed by atoms with E-state index in [1.165, 1.54) is 7.05 Å². The molecule has 25 heavy (non-hydrogen) atoms. The molecule has 3 rings (SSSR count). The third-order valence-electron chi connectivity index (χ3n) is 4.75. The summed E-state index contributed by atoms with van der Waals surface area (Å²) in [7, 11) is 3.46. The van der Waals surface area contributed by atoms with Crippen molar-refractivity contribution in [3.63, 3.8) is 0 Å². The van der Waals surface area contributed by atoms with Crippen LogP contribution < -0.4 is 0 Å². The molecule has 3 atom stereocenters. The van der Waals surface area contributed by atoms with Crippen LogP contribution in [0.15, 0.2) is 30.3 Å². The van der Waals surface area contributed by atoms with Gasteiger partial charge in [-0.25, -0.2) is 9.59 Å². The highest BCUT2D eigenvalue weighted by atomic mass is 16.6.